The smallest absolute Gasteiger partial charge is 0.266 e. The van der Waals surface area contributed by atoms with Crippen LogP contribution in [-0.2, 0) is 16.4 Å². The lowest BCUT2D eigenvalue weighted by Crippen LogP contribution is -2.30. The number of sulfonamides is 1. The van der Waals surface area contributed by atoms with Gasteiger partial charge in [-0.05, 0) is 44.0 Å². The quantitative estimate of drug-likeness (QED) is 0.818. The van der Waals surface area contributed by atoms with Crippen molar-refractivity contribution in [1.29, 1.82) is 0 Å². The number of benzene rings is 1. The second-order valence-electron chi connectivity index (χ2n) is 5.88. The Labute approximate surface area is 148 Å². The van der Waals surface area contributed by atoms with E-state index in [0.29, 0.717) is 5.88 Å². The van der Waals surface area contributed by atoms with Crippen LogP contribution in [0.2, 0.25) is 0 Å². The first kappa shape index (κ1) is 18.9. The first-order chi connectivity index (χ1) is 11.8. The van der Waals surface area contributed by atoms with Gasteiger partial charge in [0, 0.05) is 12.3 Å². The van der Waals surface area contributed by atoms with Crippen LogP contribution in [0.5, 0.6) is 5.88 Å². The second-order valence-corrected chi connectivity index (χ2v) is 7.56. The molecule has 2 aromatic rings. The molecule has 0 saturated heterocycles. The number of carbonyl (C=O) groups is 1. The number of ether oxygens (including phenoxy) is 1. The number of aromatic nitrogens is 1. The average Bonchev–Trinajstić information content (AvgIpc) is 2.55. The first-order valence-electron chi connectivity index (χ1n) is 8.10. The Hall–Kier alpha value is -2.41. The molecule has 0 aliphatic rings. The molecule has 1 aromatic carbocycles. The fourth-order valence-corrected chi connectivity index (χ4v) is 3.16. The fourth-order valence-electron chi connectivity index (χ4n) is 2.19. The molecule has 1 heterocycles. The van der Waals surface area contributed by atoms with E-state index in [9.17, 15) is 13.2 Å². The Morgan fingerprint density at radius 1 is 1.16 bits per heavy atom. The van der Waals surface area contributed by atoms with Crippen molar-refractivity contribution in [2.45, 2.75) is 44.6 Å². The lowest BCUT2D eigenvalue weighted by atomic mass is 10.1. The molecule has 134 valence electrons. The Morgan fingerprint density at radius 2 is 1.84 bits per heavy atom. The number of aryl methyl sites for hydroxylation is 1. The molecule has 1 aromatic heterocycles. The van der Waals surface area contributed by atoms with E-state index in [4.69, 9.17) is 4.74 Å². The Balaban J connectivity index is 2.10. The summed E-state index contributed by atoms with van der Waals surface area (Å²) in [5.74, 6) is -0.359. The first-order valence-corrected chi connectivity index (χ1v) is 9.59. The number of hydrogen-bond donors (Lipinski definition) is 1. The number of nitrogens with one attached hydrogen (secondary N) is 1. The van der Waals surface area contributed by atoms with Gasteiger partial charge in [-0.3, -0.25) is 4.79 Å². The summed E-state index contributed by atoms with van der Waals surface area (Å²) in [5, 5.41) is 0. The molecule has 1 N–H and O–H groups in total. The van der Waals surface area contributed by atoms with Crippen molar-refractivity contribution >= 4 is 15.9 Å². The zero-order valence-electron chi connectivity index (χ0n) is 14.5. The molecule has 0 bridgehead atoms. The standard InChI is InChI=1S/C18H22N2O4S/c1-4-5-14-6-9-16(10-7-14)25(22,23)20-18(21)15-8-11-17(19-12-15)24-13(2)3/h6-13H,4-5H2,1-3H3,(H,20,21). The Kier molecular flexibility index (Phi) is 6.14. The molecule has 0 aliphatic heterocycles. The Morgan fingerprint density at radius 3 is 2.36 bits per heavy atom. The van der Waals surface area contributed by atoms with Crippen molar-refractivity contribution in [2.75, 3.05) is 0 Å². The summed E-state index contributed by atoms with van der Waals surface area (Å²) in [6.45, 7) is 5.78. The molecular weight excluding hydrogens is 340 g/mol. The summed E-state index contributed by atoms with van der Waals surface area (Å²) >= 11 is 0. The maximum Gasteiger partial charge on any atom is 0.266 e. The van der Waals surface area contributed by atoms with Gasteiger partial charge >= 0.3 is 0 Å². The van der Waals surface area contributed by atoms with Gasteiger partial charge in [-0.15, -0.1) is 0 Å². The maximum atomic E-state index is 12.3. The minimum Gasteiger partial charge on any atom is -0.475 e. The average molecular weight is 362 g/mol. The van der Waals surface area contributed by atoms with Gasteiger partial charge in [0.2, 0.25) is 5.88 Å². The summed E-state index contributed by atoms with van der Waals surface area (Å²) in [4.78, 5) is 16.2. The monoisotopic (exact) mass is 362 g/mol. The number of amides is 1. The third-order valence-corrected chi connectivity index (χ3v) is 4.70. The van der Waals surface area contributed by atoms with Crippen molar-refractivity contribution < 1.29 is 17.9 Å². The number of carbonyl (C=O) groups excluding carboxylic acids is 1. The summed E-state index contributed by atoms with van der Waals surface area (Å²) < 4.78 is 32.1. The molecule has 1 amide bonds. The van der Waals surface area contributed by atoms with Crippen molar-refractivity contribution in [3.63, 3.8) is 0 Å². The van der Waals surface area contributed by atoms with Gasteiger partial charge in [-0.2, -0.15) is 0 Å². The highest BCUT2D eigenvalue weighted by Crippen LogP contribution is 2.14. The molecule has 0 spiro atoms. The van der Waals surface area contributed by atoms with Crippen LogP contribution in [0.1, 0.15) is 43.1 Å². The van der Waals surface area contributed by atoms with Crippen molar-refractivity contribution in [2.24, 2.45) is 0 Å². The summed E-state index contributed by atoms with van der Waals surface area (Å²) in [7, 11) is -3.93. The topological polar surface area (TPSA) is 85.4 Å². The molecule has 2 rings (SSSR count). The van der Waals surface area contributed by atoms with Crippen LogP contribution in [0.3, 0.4) is 0 Å². The van der Waals surface area contributed by atoms with Gasteiger partial charge in [0.05, 0.1) is 16.6 Å². The minimum atomic E-state index is -3.93. The highest BCUT2D eigenvalue weighted by atomic mass is 32.2. The number of rotatable bonds is 7. The van der Waals surface area contributed by atoms with Gasteiger partial charge in [-0.25, -0.2) is 18.1 Å². The molecule has 0 fully saturated rings. The maximum absolute atomic E-state index is 12.3. The predicted molar refractivity (Wildman–Crippen MR) is 95.1 cm³/mol. The van der Waals surface area contributed by atoms with E-state index in [-0.39, 0.29) is 16.6 Å². The van der Waals surface area contributed by atoms with Gasteiger partial charge in [-0.1, -0.05) is 25.5 Å². The summed E-state index contributed by atoms with van der Waals surface area (Å²) in [6, 6.07) is 9.50. The van der Waals surface area contributed by atoms with Gasteiger partial charge in [0.1, 0.15) is 0 Å². The zero-order chi connectivity index (χ0) is 18.4. The third kappa shape index (κ3) is 5.29. The van der Waals surface area contributed by atoms with E-state index in [1.165, 1.54) is 30.5 Å². The lowest BCUT2D eigenvalue weighted by Gasteiger charge is -2.10. The van der Waals surface area contributed by atoms with E-state index >= 15 is 0 Å². The van der Waals surface area contributed by atoms with Crippen molar-refractivity contribution in [3.8, 4) is 5.88 Å². The lowest BCUT2D eigenvalue weighted by molar-refractivity contribution is 0.0981. The van der Waals surface area contributed by atoms with Crippen LogP contribution in [0.4, 0.5) is 0 Å². The molecule has 7 heteroatoms. The largest absolute Gasteiger partial charge is 0.475 e. The van der Waals surface area contributed by atoms with E-state index < -0.39 is 15.9 Å². The molecule has 0 aliphatic carbocycles. The second kappa shape index (κ2) is 8.11. The number of nitrogens with zero attached hydrogens (tertiary/aromatic N) is 1. The van der Waals surface area contributed by atoms with Gasteiger partial charge < -0.3 is 4.74 Å². The van der Waals surface area contributed by atoms with Crippen LogP contribution in [-0.4, -0.2) is 25.4 Å². The van der Waals surface area contributed by atoms with E-state index in [0.717, 1.165) is 18.4 Å². The van der Waals surface area contributed by atoms with Crippen LogP contribution in [0, 0.1) is 0 Å². The van der Waals surface area contributed by atoms with Crippen LogP contribution in [0.25, 0.3) is 0 Å². The third-order valence-electron chi connectivity index (χ3n) is 3.35. The molecule has 0 saturated carbocycles. The SMILES string of the molecule is CCCc1ccc(S(=O)(=O)NC(=O)c2ccc(OC(C)C)nc2)cc1. The van der Waals surface area contributed by atoms with Crippen molar-refractivity contribution in [3.05, 3.63) is 53.7 Å². The molecule has 0 radical (unpaired) electrons. The summed E-state index contributed by atoms with van der Waals surface area (Å²) in [6.07, 6.45) is 3.10. The highest BCUT2D eigenvalue weighted by molar-refractivity contribution is 7.90. The Bertz CT molecular complexity index is 813. The van der Waals surface area contributed by atoms with Crippen LogP contribution in [0.15, 0.2) is 47.5 Å². The molecule has 0 atom stereocenters. The minimum absolute atomic E-state index is 0.0387. The van der Waals surface area contributed by atoms with Crippen molar-refractivity contribution in [1.82, 2.24) is 9.71 Å². The summed E-state index contributed by atoms with van der Waals surface area (Å²) in [5.41, 5.74) is 1.19. The van der Waals surface area contributed by atoms with Crippen LogP contribution < -0.4 is 9.46 Å². The number of hydrogen-bond acceptors (Lipinski definition) is 5. The van der Waals surface area contributed by atoms with E-state index in [1.807, 2.05) is 13.8 Å². The fraction of sp³-hybridized carbons (Fsp3) is 0.333. The molecule has 25 heavy (non-hydrogen) atoms. The zero-order valence-corrected chi connectivity index (χ0v) is 15.3. The normalized spacial score (nSPS) is 11.4. The number of pyridine rings is 1. The molecule has 6 nitrogen and oxygen atoms in total. The predicted octanol–water partition coefficient (Wildman–Crippen LogP) is 2.94. The molecule has 0 unspecified atom stereocenters. The van der Waals surface area contributed by atoms with Gasteiger partial charge in [0.15, 0.2) is 0 Å². The van der Waals surface area contributed by atoms with Gasteiger partial charge in [0.25, 0.3) is 15.9 Å². The highest BCUT2D eigenvalue weighted by Gasteiger charge is 2.19. The van der Waals surface area contributed by atoms with Crippen LogP contribution >= 0.6 is 0 Å². The van der Waals surface area contributed by atoms with E-state index in [1.54, 1.807) is 12.1 Å². The van der Waals surface area contributed by atoms with E-state index in [2.05, 4.69) is 16.6 Å². The molecular formula is C18H22N2O4S.